The molecule has 5 nitrogen and oxygen atoms in total. The Balaban J connectivity index is 0.00000338. The van der Waals surface area contributed by atoms with Gasteiger partial charge in [0.25, 0.3) is 0 Å². The molecule has 0 bridgehead atoms. The van der Waals surface area contributed by atoms with Gasteiger partial charge in [0, 0.05) is 39.3 Å². The van der Waals surface area contributed by atoms with Crippen molar-refractivity contribution in [3.05, 3.63) is 0 Å². The standard InChI is InChI=1S/C20H40N4O.HI/c1-4-10-20(3)11-6-14-24(17-20)19(21-5-2)22-12-7-13-23-15-8-18(25)9-16-23;/h18,25H,4-17H2,1-3H3,(H,21,22);1H. The zero-order valence-corrected chi connectivity index (χ0v) is 19.5. The minimum atomic E-state index is -0.0776. The number of piperidine rings is 2. The highest BCUT2D eigenvalue weighted by molar-refractivity contribution is 14.0. The molecule has 0 amide bonds. The first kappa shape index (κ1) is 24.0. The molecule has 1 unspecified atom stereocenters. The first-order chi connectivity index (χ1) is 12.1. The number of aliphatic imine (C=N–C) groups is 1. The Hall–Kier alpha value is -0.0800. The highest BCUT2D eigenvalue weighted by Crippen LogP contribution is 2.33. The monoisotopic (exact) mass is 480 g/mol. The maximum atomic E-state index is 9.59. The van der Waals surface area contributed by atoms with Gasteiger partial charge in [-0.1, -0.05) is 20.3 Å². The molecule has 154 valence electrons. The molecule has 2 rings (SSSR count). The second-order valence-electron chi connectivity index (χ2n) is 8.25. The molecule has 0 aromatic carbocycles. The highest BCUT2D eigenvalue weighted by atomic mass is 127. The van der Waals surface area contributed by atoms with E-state index in [4.69, 9.17) is 4.99 Å². The first-order valence-electron chi connectivity index (χ1n) is 10.5. The summed E-state index contributed by atoms with van der Waals surface area (Å²) in [5.41, 5.74) is 0.442. The Morgan fingerprint density at radius 3 is 2.62 bits per heavy atom. The molecule has 2 aliphatic heterocycles. The van der Waals surface area contributed by atoms with E-state index in [2.05, 4.69) is 35.9 Å². The molecule has 0 aromatic rings. The molecule has 0 aliphatic carbocycles. The van der Waals surface area contributed by atoms with E-state index in [-0.39, 0.29) is 30.1 Å². The van der Waals surface area contributed by atoms with E-state index in [1.807, 2.05) is 0 Å². The van der Waals surface area contributed by atoms with Crippen molar-refractivity contribution in [2.75, 3.05) is 45.8 Å². The number of hydrogen-bond acceptors (Lipinski definition) is 3. The molecule has 0 radical (unpaired) electrons. The summed E-state index contributed by atoms with van der Waals surface area (Å²) in [6.07, 6.45) is 8.07. The van der Waals surface area contributed by atoms with Gasteiger partial charge in [0.05, 0.1) is 6.10 Å². The van der Waals surface area contributed by atoms with Crippen LogP contribution in [0, 0.1) is 5.41 Å². The predicted octanol–water partition coefficient (Wildman–Crippen LogP) is 3.32. The maximum Gasteiger partial charge on any atom is 0.193 e. The van der Waals surface area contributed by atoms with E-state index in [0.29, 0.717) is 5.41 Å². The second kappa shape index (κ2) is 12.4. The molecule has 2 fully saturated rings. The van der Waals surface area contributed by atoms with Crippen LogP contribution in [0.2, 0.25) is 0 Å². The summed E-state index contributed by atoms with van der Waals surface area (Å²) in [5.74, 6) is 1.11. The summed E-state index contributed by atoms with van der Waals surface area (Å²) in [4.78, 5) is 9.87. The van der Waals surface area contributed by atoms with E-state index in [1.165, 1.54) is 25.7 Å². The summed E-state index contributed by atoms with van der Waals surface area (Å²) in [5, 5.41) is 13.1. The van der Waals surface area contributed by atoms with Gasteiger partial charge in [0.2, 0.25) is 0 Å². The number of aliphatic hydroxyl groups is 1. The highest BCUT2D eigenvalue weighted by Gasteiger charge is 2.31. The Kier molecular flexibility index (Phi) is 11.4. The number of guanidine groups is 1. The zero-order chi connectivity index (χ0) is 18.1. The minimum Gasteiger partial charge on any atom is -0.393 e. The fraction of sp³-hybridized carbons (Fsp3) is 0.950. The van der Waals surface area contributed by atoms with Crippen molar-refractivity contribution in [1.82, 2.24) is 15.1 Å². The molecule has 2 heterocycles. The normalized spacial score (nSPS) is 25.8. The van der Waals surface area contributed by atoms with E-state index in [9.17, 15) is 5.11 Å². The van der Waals surface area contributed by atoms with Gasteiger partial charge in [-0.3, -0.25) is 4.99 Å². The number of nitrogens with zero attached hydrogens (tertiary/aromatic N) is 3. The summed E-state index contributed by atoms with van der Waals surface area (Å²) < 4.78 is 0. The van der Waals surface area contributed by atoms with Gasteiger partial charge in [-0.05, 0) is 57.4 Å². The number of aliphatic hydroxyl groups excluding tert-OH is 1. The third kappa shape index (κ3) is 7.89. The van der Waals surface area contributed by atoms with Crippen LogP contribution in [0.25, 0.3) is 0 Å². The number of likely N-dealkylation sites (tertiary alicyclic amines) is 2. The molecule has 2 saturated heterocycles. The van der Waals surface area contributed by atoms with Crippen LogP contribution >= 0.6 is 24.0 Å². The van der Waals surface area contributed by atoms with Crippen LogP contribution in [-0.4, -0.2) is 72.8 Å². The average molecular weight is 480 g/mol. The Labute approximate surface area is 178 Å². The largest absolute Gasteiger partial charge is 0.393 e. The number of nitrogens with one attached hydrogen (secondary N) is 1. The van der Waals surface area contributed by atoms with Gasteiger partial charge in [-0.2, -0.15) is 0 Å². The summed E-state index contributed by atoms with van der Waals surface area (Å²) in [6.45, 7) is 14.2. The maximum absolute atomic E-state index is 9.59. The topological polar surface area (TPSA) is 51.1 Å². The van der Waals surface area contributed by atoms with Crippen LogP contribution < -0.4 is 5.32 Å². The molecule has 2 aliphatic rings. The van der Waals surface area contributed by atoms with Crippen molar-refractivity contribution in [3.8, 4) is 0 Å². The first-order valence-corrected chi connectivity index (χ1v) is 10.5. The fourth-order valence-corrected chi connectivity index (χ4v) is 4.35. The van der Waals surface area contributed by atoms with Crippen LogP contribution in [0.5, 0.6) is 0 Å². The summed E-state index contributed by atoms with van der Waals surface area (Å²) in [7, 11) is 0. The van der Waals surface area contributed by atoms with Gasteiger partial charge in [0.1, 0.15) is 0 Å². The minimum absolute atomic E-state index is 0. The smallest absolute Gasteiger partial charge is 0.193 e. The van der Waals surface area contributed by atoms with Crippen molar-refractivity contribution in [2.24, 2.45) is 10.4 Å². The van der Waals surface area contributed by atoms with Crippen molar-refractivity contribution in [1.29, 1.82) is 0 Å². The molecule has 0 saturated carbocycles. The summed E-state index contributed by atoms with van der Waals surface area (Å²) >= 11 is 0. The third-order valence-electron chi connectivity index (χ3n) is 5.72. The van der Waals surface area contributed by atoms with Gasteiger partial charge in [-0.15, -0.1) is 24.0 Å². The molecule has 1 atom stereocenters. The molecular weight excluding hydrogens is 439 g/mol. The number of rotatable bonds is 7. The van der Waals surface area contributed by atoms with E-state index in [1.54, 1.807) is 0 Å². The van der Waals surface area contributed by atoms with E-state index in [0.717, 1.165) is 71.0 Å². The fourth-order valence-electron chi connectivity index (χ4n) is 4.35. The van der Waals surface area contributed by atoms with Crippen LogP contribution in [-0.2, 0) is 0 Å². The average Bonchev–Trinajstić information content (AvgIpc) is 2.59. The van der Waals surface area contributed by atoms with Crippen LogP contribution in [0.4, 0.5) is 0 Å². The van der Waals surface area contributed by atoms with Crippen molar-refractivity contribution in [2.45, 2.75) is 71.8 Å². The molecule has 6 heteroatoms. The quantitative estimate of drug-likeness (QED) is 0.254. The van der Waals surface area contributed by atoms with E-state index < -0.39 is 0 Å². The van der Waals surface area contributed by atoms with Gasteiger partial charge in [-0.25, -0.2) is 0 Å². The number of halogens is 1. The Morgan fingerprint density at radius 2 is 1.96 bits per heavy atom. The lowest BCUT2D eigenvalue weighted by atomic mass is 9.78. The van der Waals surface area contributed by atoms with Crippen LogP contribution in [0.15, 0.2) is 4.99 Å². The van der Waals surface area contributed by atoms with Crippen molar-refractivity contribution in [3.63, 3.8) is 0 Å². The Morgan fingerprint density at radius 1 is 1.23 bits per heavy atom. The van der Waals surface area contributed by atoms with E-state index >= 15 is 0 Å². The molecule has 0 spiro atoms. The Bertz CT molecular complexity index is 409. The molecule has 26 heavy (non-hydrogen) atoms. The van der Waals surface area contributed by atoms with Gasteiger partial charge < -0.3 is 20.2 Å². The lowest BCUT2D eigenvalue weighted by Gasteiger charge is -2.42. The molecular formula is C20H41IN4O. The summed E-state index contributed by atoms with van der Waals surface area (Å²) in [6, 6.07) is 0. The van der Waals surface area contributed by atoms with Gasteiger partial charge in [0.15, 0.2) is 5.96 Å². The molecule has 2 N–H and O–H groups in total. The van der Waals surface area contributed by atoms with Gasteiger partial charge >= 0.3 is 0 Å². The number of hydrogen-bond donors (Lipinski definition) is 2. The zero-order valence-electron chi connectivity index (χ0n) is 17.2. The van der Waals surface area contributed by atoms with Crippen LogP contribution in [0.3, 0.4) is 0 Å². The molecule has 0 aromatic heterocycles. The van der Waals surface area contributed by atoms with Crippen molar-refractivity contribution >= 4 is 29.9 Å². The second-order valence-corrected chi connectivity index (χ2v) is 8.25. The lowest BCUT2D eigenvalue weighted by Crippen LogP contribution is -2.49. The SMILES string of the molecule is CCCC1(C)CCCN(C(=NCCCN2CCC(O)CC2)NCC)C1.I. The lowest BCUT2D eigenvalue weighted by molar-refractivity contribution is 0.0824. The predicted molar refractivity (Wildman–Crippen MR) is 122 cm³/mol. The third-order valence-corrected chi connectivity index (χ3v) is 5.72. The van der Waals surface area contributed by atoms with Crippen LogP contribution in [0.1, 0.15) is 65.7 Å². The van der Waals surface area contributed by atoms with Crippen molar-refractivity contribution < 1.29 is 5.11 Å².